The van der Waals surface area contributed by atoms with E-state index in [2.05, 4.69) is 15.5 Å². The van der Waals surface area contributed by atoms with Crippen molar-refractivity contribution in [2.45, 2.75) is 19.6 Å². The minimum absolute atomic E-state index is 0.0804. The number of nitrogens with one attached hydrogen (secondary N) is 1. The molecule has 0 fully saturated rings. The molecule has 2 rings (SSSR count). The number of hydrogen-bond donors (Lipinski definition) is 1. The Hall–Kier alpha value is -2.09. The van der Waals surface area contributed by atoms with Gasteiger partial charge in [0.25, 0.3) is 0 Å². The first-order chi connectivity index (χ1) is 9.89. The quantitative estimate of drug-likeness (QED) is 0.920. The van der Waals surface area contributed by atoms with E-state index in [1.807, 2.05) is 19.1 Å². The topological polar surface area (TPSA) is 60.2 Å². The molecule has 1 aromatic carbocycles. The van der Waals surface area contributed by atoms with Crippen LogP contribution in [0.25, 0.3) is 11.4 Å². The van der Waals surface area contributed by atoms with Crippen molar-refractivity contribution in [1.29, 1.82) is 0 Å². The predicted molar refractivity (Wildman–Crippen MR) is 68.8 cm³/mol. The maximum Gasteiger partial charge on any atom is 0.401 e. The van der Waals surface area contributed by atoms with Crippen molar-refractivity contribution in [3.05, 3.63) is 29.7 Å². The summed E-state index contributed by atoms with van der Waals surface area (Å²) in [5, 5.41) is 5.94. The second-order valence-electron chi connectivity index (χ2n) is 4.43. The van der Waals surface area contributed by atoms with E-state index in [4.69, 9.17) is 9.26 Å². The fourth-order valence-electron chi connectivity index (χ4n) is 1.73. The van der Waals surface area contributed by atoms with Crippen LogP contribution in [0.4, 0.5) is 13.2 Å². The number of methoxy groups -OCH3 is 1. The third-order valence-corrected chi connectivity index (χ3v) is 2.67. The summed E-state index contributed by atoms with van der Waals surface area (Å²) >= 11 is 0. The van der Waals surface area contributed by atoms with Gasteiger partial charge in [-0.05, 0) is 24.6 Å². The van der Waals surface area contributed by atoms with Gasteiger partial charge < -0.3 is 14.6 Å². The number of hydrogen-bond acceptors (Lipinski definition) is 5. The van der Waals surface area contributed by atoms with Gasteiger partial charge >= 0.3 is 6.18 Å². The molecule has 2 aromatic rings. The summed E-state index contributed by atoms with van der Waals surface area (Å²) in [6, 6.07) is 5.44. The lowest BCUT2D eigenvalue weighted by Gasteiger charge is -2.06. The molecular formula is C13H14F3N3O2. The first-order valence-corrected chi connectivity index (χ1v) is 6.14. The van der Waals surface area contributed by atoms with E-state index in [1.165, 1.54) is 7.11 Å². The Morgan fingerprint density at radius 2 is 2.10 bits per heavy atom. The number of ether oxygens (including phenoxy) is 1. The zero-order chi connectivity index (χ0) is 15.5. The Morgan fingerprint density at radius 1 is 1.33 bits per heavy atom. The third kappa shape index (κ3) is 4.19. The summed E-state index contributed by atoms with van der Waals surface area (Å²) in [7, 11) is 1.52. The molecule has 0 atom stereocenters. The minimum Gasteiger partial charge on any atom is -0.496 e. The van der Waals surface area contributed by atoms with Gasteiger partial charge in [-0.25, -0.2) is 0 Å². The van der Waals surface area contributed by atoms with Gasteiger partial charge in [0.1, 0.15) is 5.75 Å². The van der Waals surface area contributed by atoms with Crippen LogP contribution in [-0.4, -0.2) is 30.0 Å². The zero-order valence-electron chi connectivity index (χ0n) is 11.5. The molecule has 1 N–H and O–H groups in total. The smallest absolute Gasteiger partial charge is 0.401 e. The highest BCUT2D eigenvalue weighted by molar-refractivity contribution is 5.64. The second-order valence-corrected chi connectivity index (χ2v) is 4.43. The fraction of sp³-hybridized carbons (Fsp3) is 0.385. The van der Waals surface area contributed by atoms with E-state index in [0.717, 1.165) is 5.56 Å². The molecule has 0 bridgehead atoms. The molecule has 5 nitrogen and oxygen atoms in total. The number of benzene rings is 1. The van der Waals surface area contributed by atoms with Crippen LogP contribution in [0.15, 0.2) is 22.7 Å². The summed E-state index contributed by atoms with van der Waals surface area (Å²) < 4.78 is 46.2. The van der Waals surface area contributed by atoms with Crippen molar-refractivity contribution in [2.24, 2.45) is 0 Å². The van der Waals surface area contributed by atoms with Crippen LogP contribution in [0.5, 0.6) is 5.75 Å². The van der Waals surface area contributed by atoms with Gasteiger partial charge in [-0.1, -0.05) is 11.2 Å². The standard InChI is InChI=1S/C13H14F3N3O2/c1-8-3-4-9(10(5-8)20-2)12-18-11(21-19-12)6-17-7-13(14,15)16/h3-5,17H,6-7H2,1-2H3. The number of nitrogens with zero attached hydrogens (tertiary/aromatic N) is 2. The molecule has 0 amide bonds. The van der Waals surface area contributed by atoms with E-state index >= 15 is 0 Å². The van der Waals surface area contributed by atoms with Gasteiger partial charge in [0.15, 0.2) is 0 Å². The summed E-state index contributed by atoms with van der Waals surface area (Å²) in [5.74, 6) is 0.929. The number of aryl methyl sites for hydroxylation is 1. The van der Waals surface area contributed by atoms with Crippen molar-refractivity contribution < 1.29 is 22.4 Å². The van der Waals surface area contributed by atoms with E-state index < -0.39 is 12.7 Å². The molecule has 0 radical (unpaired) electrons. The molecule has 8 heteroatoms. The van der Waals surface area contributed by atoms with Gasteiger partial charge in [0.05, 0.1) is 25.8 Å². The van der Waals surface area contributed by atoms with Crippen molar-refractivity contribution in [1.82, 2.24) is 15.5 Å². The van der Waals surface area contributed by atoms with Crippen LogP contribution >= 0.6 is 0 Å². The summed E-state index contributed by atoms with van der Waals surface area (Å²) in [6.45, 7) is 0.647. The SMILES string of the molecule is COc1cc(C)ccc1-c1noc(CNCC(F)(F)F)n1. The minimum atomic E-state index is -4.27. The number of alkyl halides is 3. The Bertz CT molecular complexity index is 611. The normalized spacial score (nSPS) is 11.7. The second kappa shape index (κ2) is 6.13. The fourth-order valence-corrected chi connectivity index (χ4v) is 1.73. The van der Waals surface area contributed by atoms with Gasteiger partial charge in [-0.15, -0.1) is 0 Å². The van der Waals surface area contributed by atoms with Crippen LogP contribution in [0.2, 0.25) is 0 Å². The van der Waals surface area contributed by atoms with E-state index in [9.17, 15) is 13.2 Å². The van der Waals surface area contributed by atoms with Crippen LogP contribution in [0.3, 0.4) is 0 Å². The Kier molecular flexibility index (Phi) is 4.46. The predicted octanol–water partition coefficient (Wildman–Crippen LogP) is 2.71. The molecule has 0 aliphatic carbocycles. The molecule has 0 saturated heterocycles. The van der Waals surface area contributed by atoms with E-state index in [-0.39, 0.29) is 18.3 Å². The average molecular weight is 301 g/mol. The van der Waals surface area contributed by atoms with Gasteiger partial charge in [-0.3, -0.25) is 0 Å². The van der Waals surface area contributed by atoms with Gasteiger partial charge in [-0.2, -0.15) is 18.2 Å². The average Bonchev–Trinajstić information content (AvgIpc) is 2.85. The molecular weight excluding hydrogens is 287 g/mol. The Balaban J connectivity index is 2.09. The molecule has 1 aromatic heterocycles. The highest BCUT2D eigenvalue weighted by atomic mass is 19.4. The monoisotopic (exact) mass is 301 g/mol. The summed E-state index contributed by atoms with van der Waals surface area (Å²) in [4.78, 5) is 4.05. The molecule has 21 heavy (non-hydrogen) atoms. The van der Waals surface area contributed by atoms with Crippen LogP contribution in [0.1, 0.15) is 11.5 Å². The summed E-state index contributed by atoms with van der Waals surface area (Å²) in [6.07, 6.45) is -4.27. The lowest BCUT2D eigenvalue weighted by molar-refractivity contribution is -0.125. The highest BCUT2D eigenvalue weighted by Crippen LogP contribution is 2.28. The number of aromatic nitrogens is 2. The van der Waals surface area contributed by atoms with Crippen molar-refractivity contribution >= 4 is 0 Å². The molecule has 1 heterocycles. The first-order valence-electron chi connectivity index (χ1n) is 6.14. The molecule has 114 valence electrons. The van der Waals surface area contributed by atoms with Crippen molar-refractivity contribution in [3.8, 4) is 17.1 Å². The Labute approximate surface area is 119 Å². The van der Waals surface area contributed by atoms with E-state index in [0.29, 0.717) is 11.3 Å². The summed E-state index contributed by atoms with van der Waals surface area (Å²) in [5.41, 5.74) is 1.63. The number of rotatable bonds is 5. The molecule has 0 aliphatic heterocycles. The lowest BCUT2D eigenvalue weighted by atomic mass is 10.1. The molecule has 0 aliphatic rings. The van der Waals surface area contributed by atoms with Crippen LogP contribution < -0.4 is 10.1 Å². The number of halogens is 3. The van der Waals surface area contributed by atoms with Crippen molar-refractivity contribution in [3.63, 3.8) is 0 Å². The zero-order valence-corrected chi connectivity index (χ0v) is 11.5. The lowest BCUT2D eigenvalue weighted by Crippen LogP contribution is -2.28. The van der Waals surface area contributed by atoms with E-state index in [1.54, 1.807) is 6.07 Å². The van der Waals surface area contributed by atoms with Gasteiger partial charge in [0.2, 0.25) is 11.7 Å². The highest BCUT2D eigenvalue weighted by Gasteiger charge is 2.26. The van der Waals surface area contributed by atoms with Crippen LogP contribution in [0, 0.1) is 6.92 Å². The Morgan fingerprint density at radius 3 is 2.76 bits per heavy atom. The largest absolute Gasteiger partial charge is 0.496 e. The third-order valence-electron chi connectivity index (χ3n) is 2.67. The molecule has 0 saturated carbocycles. The molecule has 0 unspecified atom stereocenters. The first kappa shape index (κ1) is 15.3. The molecule has 0 spiro atoms. The maximum absolute atomic E-state index is 12.0. The van der Waals surface area contributed by atoms with Crippen molar-refractivity contribution in [2.75, 3.05) is 13.7 Å². The van der Waals surface area contributed by atoms with Crippen LogP contribution in [-0.2, 0) is 6.54 Å². The van der Waals surface area contributed by atoms with Gasteiger partial charge in [0, 0.05) is 0 Å². The maximum atomic E-state index is 12.0.